The average Bonchev–Trinajstić information content (AvgIpc) is 3.68. The van der Waals surface area contributed by atoms with Crippen molar-refractivity contribution in [2.75, 3.05) is 26.2 Å². The van der Waals surface area contributed by atoms with Crippen LogP contribution >= 0.6 is 0 Å². The molecule has 5 aliphatic rings. The van der Waals surface area contributed by atoms with Gasteiger partial charge in [-0.1, -0.05) is 12.8 Å². The molecule has 3 heterocycles. The lowest BCUT2D eigenvalue weighted by Crippen LogP contribution is -2.52. The topological polar surface area (TPSA) is 131 Å². The molecule has 4 fully saturated rings. The number of fused-ring (bicyclic) bond motifs is 1. The molecular formula is C30H39F2N5O5. The molecule has 1 aromatic carbocycles. The number of carbonyl (C=O) groups is 3. The molecule has 2 amide bonds. The van der Waals surface area contributed by atoms with Gasteiger partial charge >= 0.3 is 5.97 Å². The summed E-state index contributed by atoms with van der Waals surface area (Å²) in [6.07, 6.45) is 6.30. The van der Waals surface area contributed by atoms with Crippen LogP contribution in [0.25, 0.3) is 0 Å². The second-order valence-corrected chi connectivity index (χ2v) is 12.6. The number of carbonyl (C=O) groups excluding carboxylic acids is 3. The van der Waals surface area contributed by atoms with Crippen molar-refractivity contribution in [3.63, 3.8) is 0 Å². The highest BCUT2D eigenvalue weighted by molar-refractivity contribution is 5.87. The van der Waals surface area contributed by atoms with Gasteiger partial charge < -0.3 is 25.3 Å². The lowest BCUT2D eigenvalue weighted by Gasteiger charge is -2.45. The van der Waals surface area contributed by atoms with Gasteiger partial charge in [0, 0.05) is 41.7 Å². The van der Waals surface area contributed by atoms with Gasteiger partial charge in [0.25, 0.3) is 0 Å². The van der Waals surface area contributed by atoms with E-state index >= 15 is 4.39 Å². The van der Waals surface area contributed by atoms with E-state index in [2.05, 4.69) is 4.94 Å². The van der Waals surface area contributed by atoms with Crippen LogP contribution in [0.5, 0.6) is 5.75 Å². The maximum absolute atomic E-state index is 15.4. The van der Waals surface area contributed by atoms with Crippen LogP contribution in [0.4, 0.5) is 8.92 Å². The summed E-state index contributed by atoms with van der Waals surface area (Å²) in [5.74, 6) is 2.82. The van der Waals surface area contributed by atoms with Gasteiger partial charge in [0.15, 0.2) is 0 Å². The maximum Gasteiger partial charge on any atom is 0.352 e. The first-order valence-corrected chi connectivity index (χ1v) is 15.1. The average molecular weight is 588 g/mol. The number of likely N-dealkylation sites (tertiary alicyclic amines) is 1. The van der Waals surface area contributed by atoms with Crippen LogP contribution in [0.1, 0.15) is 81.5 Å². The molecule has 4 N–H and O–H groups in total. The third kappa shape index (κ3) is 5.18. The van der Waals surface area contributed by atoms with E-state index in [1.165, 1.54) is 12.1 Å². The van der Waals surface area contributed by atoms with E-state index in [4.69, 9.17) is 16.3 Å². The van der Waals surface area contributed by atoms with Gasteiger partial charge in [0.05, 0.1) is 23.2 Å². The second-order valence-electron chi connectivity index (χ2n) is 12.6. The Bertz CT molecular complexity index is 1300. The summed E-state index contributed by atoms with van der Waals surface area (Å²) >= 11 is 0. The number of nitrogens with zero attached hydrogens (tertiary/aromatic N) is 3. The van der Waals surface area contributed by atoms with Gasteiger partial charge in [-0.2, -0.15) is 0 Å². The number of ether oxygens (including phenoxy) is 1. The first-order valence-electron chi connectivity index (χ1n) is 15.1. The number of amides is 2. The number of hydrazine groups is 1. The summed E-state index contributed by atoms with van der Waals surface area (Å²) in [7, 11) is 0. The summed E-state index contributed by atoms with van der Waals surface area (Å²) in [6.45, 7) is 1.30. The zero-order chi connectivity index (χ0) is 29.6. The molecule has 0 radical (unpaired) electrons. The number of allylic oxidation sites excluding steroid dienone is 1. The Labute approximate surface area is 243 Å². The Morgan fingerprint density at radius 1 is 1.05 bits per heavy atom. The molecular weight excluding hydrogens is 548 g/mol. The molecule has 12 heteroatoms. The Balaban J connectivity index is 1.37. The van der Waals surface area contributed by atoms with E-state index in [1.807, 2.05) is 0 Å². The molecule has 0 aromatic heterocycles. The highest BCUT2D eigenvalue weighted by atomic mass is 19.3. The Morgan fingerprint density at radius 3 is 2.50 bits per heavy atom. The predicted molar refractivity (Wildman–Crippen MR) is 147 cm³/mol. The fraction of sp³-hybridized carbons (Fsp3) is 0.633. The maximum atomic E-state index is 15.4. The van der Waals surface area contributed by atoms with Gasteiger partial charge in [-0.25, -0.2) is 15.0 Å². The van der Waals surface area contributed by atoms with Crippen molar-refractivity contribution in [1.82, 2.24) is 14.8 Å². The molecule has 2 aliphatic carbocycles. The van der Waals surface area contributed by atoms with Crippen LogP contribution in [-0.4, -0.2) is 58.8 Å². The Kier molecular flexibility index (Phi) is 7.75. The number of piperidine rings is 1. The van der Waals surface area contributed by atoms with Crippen molar-refractivity contribution in [2.45, 2.75) is 76.8 Å². The van der Waals surface area contributed by atoms with Crippen LogP contribution in [-0.2, 0) is 25.7 Å². The number of benzene rings is 1. The fourth-order valence-electron chi connectivity index (χ4n) is 7.42. The van der Waals surface area contributed by atoms with Gasteiger partial charge in [-0.15, -0.1) is 0 Å². The van der Waals surface area contributed by atoms with Crippen LogP contribution < -0.4 is 16.3 Å². The molecule has 228 valence electrons. The van der Waals surface area contributed by atoms with Gasteiger partial charge in [0.2, 0.25) is 11.8 Å². The van der Waals surface area contributed by atoms with Crippen LogP contribution in [0.15, 0.2) is 23.5 Å². The van der Waals surface area contributed by atoms with Crippen molar-refractivity contribution in [2.24, 2.45) is 28.8 Å². The minimum atomic E-state index is -1.05. The molecule has 1 spiro atoms. The summed E-state index contributed by atoms with van der Waals surface area (Å²) < 4.78 is 34.6. The lowest BCUT2D eigenvalue weighted by atomic mass is 9.78. The van der Waals surface area contributed by atoms with E-state index < -0.39 is 29.8 Å². The van der Waals surface area contributed by atoms with E-state index in [0.29, 0.717) is 67.8 Å². The molecule has 2 saturated carbocycles. The molecule has 42 heavy (non-hydrogen) atoms. The molecule has 6 rings (SSSR count). The molecule has 10 nitrogen and oxygen atoms in total. The normalized spacial score (nSPS) is 28.0. The first kappa shape index (κ1) is 28.7. The first-order chi connectivity index (χ1) is 20.2. The SMILES string of the molecule is N/C(COc1ccc(F)c2c1C(N1CC3(CC3)CC1=O)N(C(=O)C1CCCCC1C(=O)OF)CC2)=C1/CCCCN1N. The summed E-state index contributed by atoms with van der Waals surface area (Å²) in [5, 5.41) is 1.63. The van der Waals surface area contributed by atoms with Crippen LogP contribution in [0.3, 0.4) is 0 Å². The van der Waals surface area contributed by atoms with Crippen molar-refractivity contribution >= 4 is 17.8 Å². The minimum Gasteiger partial charge on any atom is -0.487 e. The molecule has 3 aliphatic heterocycles. The summed E-state index contributed by atoms with van der Waals surface area (Å²) in [6, 6.07) is 2.86. The van der Waals surface area contributed by atoms with E-state index in [0.717, 1.165) is 37.8 Å². The van der Waals surface area contributed by atoms with E-state index in [1.54, 1.807) is 14.8 Å². The van der Waals surface area contributed by atoms with E-state index in [9.17, 15) is 18.9 Å². The van der Waals surface area contributed by atoms with Crippen LogP contribution in [0, 0.1) is 23.1 Å². The molecule has 3 atom stereocenters. The monoisotopic (exact) mass is 587 g/mol. The summed E-state index contributed by atoms with van der Waals surface area (Å²) in [5.41, 5.74) is 8.37. The highest BCUT2D eigenvalue weighted by Gasteiger charge is 2.56. The molecule has 3 unspecified atom stereocenters. The predicted octanol–water partition coefficient (Wildman–Crippen LogP) is 3.36. The zero-order valence-electron chi connectivity index (χ0n) is 23.8. The number of hydrogen-bond donors (Lipinski definition) is 2. The van der Waals surface area contributed by atoms with Crippen LogP contribution in [0.2, 0.25) is 0 Å². The fourth-order valence-corrected chi connectivity index (χ4v) is 7.42. The number of hydrogen-bond acceptors (Lipinski definition) is 8. The van der Waals surface area contributed by atoms with Crippen molar-refractivity contribution in [3.8, 4) is 5.75 Å². The third-order valence-electron chi connectivity index (χ3n) is 9.93. The lowest BCUT2D eigenvalue weighted by molar-refractivity contribution is -0.194. The van der Waals surface area contributed by atoms with Crippen molar-refractivity contribution < 1.29 is 33.0 Å². The summed E-state index contributed by atoms with van der Waals surface area (Å²) in [4.78, 5) is 46.8. The third-order valence-corrected chi connectivity index (χ3v) is 9.93. The second kappa shape index (κ2) is 11.3. The standard InChI is InChI=1S/C30H39F2N5O5/c31-21-8-9-24(41-16-22(33)23-7-3-4-13-37(23)34)26-20(21)10-14-35(27(26)36-17-30(11-12-30)15-25(36)38)28(39)18-5-1-2-6-19(18)29(40)42-32/h8-9,18-19,27H,1-7,10-17,33-34H2/b23-22-. The van der Waals surface area contributed by atoms with Gasteiger partial charge in [-0.05, 0) is 68.9 Å². The molecule has 2 saturated heterocycles. The highest BCUT2D eigenvalue weighted by Crippen LogP contribution is 2.56. The quantitative estimate of drug-likeness (QED) is 0.485. The molecule has 1 aromatic rings. The number of rotatable bonds is 6. The zero-order valence-corrected chi connectivity index (χ0v) is 23.8. The number of halogens is 2. The van der Waals surface area contributed by atoms with Crippen molar-refractivity contribution in [1.29, 1.82) is 0 Å². The van der Waals surface area contributed by atoms with Gasteiger partial charge in [0.1, 0.15) is 24.3 Å². The molecule has 0 bridgehead atoms. The Morgan fingerprint density at radius 2 is 1.81 bits per heavy atom. The van der Waals surface area contributed by atoms with Gasteiger partial charge in [-0.3, -0.25) is 14.5 Å². The van der Waals surface area contributed by atoms with E-state index in [-0.39, 0.29) is 36.8 Å². The van der Waals surface area contributed by atoms with Crippen molar-refractivity contribution in [3.05, 3.63) is 40.5 Å². The largest absolute Gasteiger partial charge is 0.487 e. The minimum absolute atomic E-state index is 0.00664. The number of nitrogens with two attached hydrogens (primary N) is 2. The Hall–Kier alpha value is -3.41. The smallest absolute Gasteiger partial charge is 0.352 e.